The number of Topliss-reactive ketones (excluding diaryl/α,β-unsaturated/α-hetero) is 1. The third-order valence-electron chi connectivity index (χ3n) is 3.38. The molecule has 0 saturated heterocycles. The summed E-state index contributed by atoms with van der Waals surface area (Å²) in [7, 11) is 0. The van der Waals surface area contributed by atoms with E-state index in [2.05, 4.69) is 4.74 Å². The smallest absolute Gasteiger partial charge is 0.387 e. The van der Waals surface area contributed by atoms with Crippen LogP contribution < -0.4 is 4.74 Å². The summed E-state index contributed by atoms with van der Waals surface area (Å²) >= 11 is 5.82. The molecule has 0 aliphatic carbocycles. The fraction of sp³-hybridized carbons (Fsp3) is 0.158. The number of halogens is 4. The summed E-state index contributed by atoms with van der Waals surface area (Å²) in [6, 6.07) is 8.11. The van der Waals surface area contributed by atoms with Gasteiger partial charge in [0.2, 0.25) is 5.78 Å². The van der Waals surface area contributed by atoms with Crippen molar-refractivity contribution in [3.63, 3.8) is 0 Å². The van der Waals surface area contributed by atoms with E-state index in [9.17, 15) is 22.8 Å². The maximum absolute atomic E-state index is 13.6. The number of alkyl halides is 2. The Kier molecular flexibility index (Phi) is 7.01. The van der Waals surface area contributed by atoms with E-state index in [4.69, 9.17) is 16.3 Å². The molecule has 0 fully saturated rings. The molecule has 0 unspecified atom stereocenters. The highest BCUT2D eigenvalue weighted by atomic mass is 35.5. The Bertz CT molecular complexity index is 861. The summed E-state index contributed by atoms with van der Waals surface area (Å²) in [5.41, 5.74) is 0.498. The SMILES string of the molecule is Cc1ccc(OC(F)F)c(C(=O)COC(=O)/C=C/c2c(F)cccc2Cl)c1. The number of hydrogen-bond acceptors (Lipinski definition) is 4. The average molecular weight is 399 g/mol. The van der Waals surface area contributed by atoms with Crippen LogP contribution in [0.5, 0.6) is 5.75 Å². The highest BCUT2D eigenvalue weighted by Crippen LogP contribution is 2.23. The summed E-state index contributed by atoms with van der Waals surface area (Å²) in [5, 5.41) is 0.101. The van der Waals surface area contributed by atoms with Crippen molar-refractivity contribution >= 4 is 29.4 Å². The summed E-state index contributed by atoms with van der Waals surface area (Å²) in [5.74, 6) is -2.59. The highest BCUT2D eigenvalue weighted by molar-refractivity contribution is 6.32. The van der Waals surface area contributed by atoms with E-state index in [0.717, 1.165) is 12.2 Å². The van der Waals surface area contributed by atoms with E-state index in [1.165, 1.54) is 36.4 Å². The molecule has 0 saturated carbocycles. The number of hydrogen-bond donors (Lipinski definition) is 0. The monoisotopic (exact) mass is 398 g/mol. The van der Waals surface area contributed by atoms with Gasteiger partial charge in [-0.3, -0.25) is 4.79 Å². The molecular weight excluding hydrogens is 385 g/mol. The molecule has 0 N–H and O–H groups in total. The maximum atomic E-state index is 13.6. The lowest BCUT2D eigenvalue weighted by Crippen LogP contribution is -2.15. The van der Waals surface area contributed by atoms with Gasteiger partial charge in [-0.1, -0.05) is 29.3 Å². The van der Waals surface area contributed by atoms with Gasteiger partial charge in [-0.25, -0.2) is 9.18 Å². The number of ether oxygens (including phenoxy) is 2. The van der Waals surface area contributed by atoms with Gasteiger partial charge < -0.3 is 9.47 Å². The Labute approximate surface area is 158 Å². The van der Waals surface area contributed by atoms with Crippen LogP contribution in [0.15, 0.2) is 42.5 Å². The van der Waals surface area contributed by atoms with Crippen molar-refractivity contribution in [3.05, 3.63) is 70.0 Å². The summed E-state index contributed by atoms with van der Waals surface area (Å²) in [6.07, 6.45) is 2.02. The lowest BCUT2D eigenvalue weighted by Gasteiger charge is -2.10. The van der Waals surface area contributed by atoms with Crippen molar-refractivity contribution in [2.24, 2.45) is 0 Å². The molecule has 27 heavy (non-hydrogen) atoms. The fourth-order valence-electron chi connectivity index (χ4n) is 2.14. The largest absolute Gasteiger partial charge is 0.454 e. The van der Waals surface area contributed by atoms with Gasteiger partial charge in [0.25, 0.3) is 0 Å². The van der Waals surface area contributed by atoms with Crippen molar-refractivity contribution in [2.45, 2.75) is 13.5 Å². The third-order valence-corrected chi connectivity index (χ3v) is 3.71. The molecule has 0 aliphatic heterocycles. The van der Waals surface area contributed by atoms with Crippen LogP contribution in [0, 0.1) is 12.7 Å². The lowest BCUT2D eigenvalue weighted by atomic mass is 10.1. The summed E-state index contributed by atoms with van der Waals surface area (Å²) < 4.78 is 47.5. The second-order valence-corrected chi connectivity index (χ2v) is 5.78. The van der Waals surface area contributed by atoms with Crippen LogP contribution in [-0.2, 0) is 9.53 Å². The standard InChI is InChI=1S/C19H14ClF3O4/c1-11-5-7-17(27-19(22)23)13(9-11)16(24)10-26-18(25)8-6-12-14(20)3-2-4-15(12)21/h2-9,19H,10H2,1H3/b8-6+. The zero-order chi connectivity index (χ0) is 20.0. The predicted molar refractivity (Wildman–Crippen MR) is 93.5 cm³/mol. The zero-order valence-electron chi connectivity index (χ0n) is 14.0. The number of rotatable bonds is 7. The van der Waals surface area contributed by atoms with Gasteiger partial charge >= 0.3 is 12.6 Å². The van der Waals surface area contributed by atoms with Crippen molar-refractivity contribution < 1.29 is 32.2 Å². The lowest BCUT2D eigenvalue weighted by molar-refractivity contribution is -0.136. The Morgan fingerprint density at radius 1 is 1.22 bits per heavy atom. The normalized spacial score (nSPS) is 11.0. The molecule has 0 aliphatic rings. The first-order valence-corrected chi connectivity index (χ1v) is 8.03. The fourth-order valence-corrected chi connectivity index (χ4v) is 2.37. The van der Waals surface area contributed by atoms with Crippen molar-refractivity contribution in [3.8, 4) is 5.75 Å². The third kappa shape index (κ3) is 5.86. The highest BCUT2D eigenvalue weighted by Gasteiger charge is 2.17. The van der Waals surface area contributed by atoms with E-state index in [0.29, 0.717) is 5.56 Å². The number of esters is 1. The number of ketones is 1. The Hall–Kier alpha value is -2.80. The molecule has 0 amide bonds. The number of carbonyl (C=O) groups excluding carboxylic acids is 2. The molecule has 8 heteroatoms. The average Bonchev–Trinajstić information content (AvgIpc) is 2.60. The molecule has 0 bridgehead atoms. The van der Waals surface area contributed by atoms with E-state index in [1.807, 2.05) is 0 Å². The molecule has 142 valence electrons. The molecule has 0 spiro atoms. The molecular formula is C19H14ClF3O4. The first-order chi connectivity index (χ1) is 12.8. The van der Waals surface area contributed by atoms with Crippen LogP contribution in [0.4, 0.5) is 13.2 Å². The Morgan fingerprint density at radius 3 is 2.63 bits per heavy atom. The van der Waals surface area contributed by atoms with Crippen molar-refractivity contribution in [1.29, 1.82) is 0 Å². The minimum atomic E-state index is -3.10. The van der Waals surface area contributed by atoms with E-state index >= 15 is 0 Å². The minimum absolute atomic E-state index is 0.00579. The van der Waals surface area contributed by atoms with Gasteiger partial charge in [-0.2, -0.15) is 8.78 Å². The van der Waals surface area contributed by atoms with E-state index in [1.54, 1.807) is 6.92 Å². The molecule has 0 atom stereocenters. The van der Waals surface area contributed by atoms with Gasteiger partial charge in [0, 0.05) is 11.6 Å². The van der Waals surface area contributed by atoms with Crippen LogP contribution in [0.1, 0.15) is 21.5 Å². The molecule has 4 nitrogen and oxygen atoms in total. The van der Waals surface area contributed by atoms with Gasteiger partial charge in [0.1, 0.15) is 11.6 Å². The van der Waals surface area contributed by atoms with Crippen LogP contribution in [0.2, 0.25) is 5.02 Å². The molecule has 2 aromatic carbocycles. The summed E-state index contributed by atoms with van der Waals surface area (Å²) in [6.45, 7) is -2.14. The predicted octanol–water partition coefficient (Wildman–Crippen LogP) is 4.83. The molecule has 2 aromatic rings. The van der Waals surface area contributed by atoms with Gasteiger partial charge in [0.05, 0.1) is 10.6 Å². The molecule has 0 heterocycles. The second-order valence-electron chi connectivity index (χ2n) is 5.38. The van der Waals surface area contributed by atoms with Crippen molar-refractivity contribution in [2.75, 3.05) is 6.61 Å². The van der Waals surface area contributed by atoms with E-state index in [-0.39, 0.29) is 21.9 Å². The quantitative estimate of drug-likeness (QED) is 0.381. The first-order valence-electron chi connectivity index (χ1n) is 7.65. The minimum Gasteiger partial charge on any atom is -0.454 e. The van der Waals surface area contributed by atoms with E-state index < -0.39 is 30.8 Å². The number of carbonyl (C=O) groups is 2. The van der Waals surface area contributed by atoms with Crippen molar-refractivity contribution in [1.82, 2.24) is 0 Å². The van der Waals surface area contributed by atoms with Crippen LogP contribution in [0.25, 0.3) is 6.08 Å². The van der Waals surface area contributed by atoms with Crippen LogP contribution >= 0.6 is 11.6 Å². The molecule has 2 rings (SSSR count). The Morgan fingerprint density at radius 2 is 1.96 bits per heavy atom. The first kappa shape index (κ1) is 20.5. The van der Waals surface area contributed by atoms with Gasteiger partial charge in [-0.05, 0) is 37.3 Å². The Balaban J connectivity index is 2.04. The topological polar surface area (TPSA) is 52.6 Å². The summed E-state index contributed by atoms with van der Waals surface area (Å²) in [4.78, 5) is 23.9. The van der Waals surface area contributed by atoms with Gasteiger partial charge in [-0.15, -0.1) is 0 Å². The molecule has 0 aromatic heterocycles. The number of benzene rings is 2. The van der Waals surface area contributed by atoms with Gasteiger partial charge in [0.15, 0.2) is 6.61 Å². The van der Waals surface area contributed by atoms with Crippen LogP contribution in [-0.4, -0.2) is 25.0 Å². The number of aryl methyl sites for hydroxylation is 1. The zero-order valence-corrected chi connectivity index (χ0v) is 14.8. The maximum Gasteiger partial charge on any atom is 0.387 e. The molecule has 0 radical (unpaired) electrons. The van der Waals surface area contributed by atoms with Crippen LogP contribution in [0.3, 0.4) is 0 Å². The second kappa shape index (κ2) is 9.23.